The Morgan fingerprint density at radius 2 is 1.89 bits per heavy atom. The van der Waals surface area contributed by atoms with Gasteiger partial charge in [-0.15, -0.1) is 0 Å². The molecule has 0 spiro atoms. The fourth-order valence-electron chi connectivity index (χ4n) is 3.71. The van der Waals surface area contributed by atoms with Crippen LogP contribution >= 0.6 is 0 Å². The largest absolute Gasteiger partial charge is 0.316 e. The Bertz CT molecular complexity index is 193. The molecule has 0 aromatic heterocycles. The zero-order chi connectivity index (χ0) is 12.8. The van der Waals surface area contributed by atoms with Crippen molar-refractivity contribution in [2.24, 2.45) is 11.8 Å². The predicted octanol–water partition coefficient (Wildman–Crippen LogP) is 3.28. The fraction of sp³-hybridized carbons (Fsp3) is 1.00. The minimum absolute atomic E-state index is 0.885. The van der Waals surface area contributed by atoms with Crippen LogP contribution in [0.15, 0.2) is 0 Å². The van der Waals surface area contributed by atoms with E-state index in [9.17, 15) is 0 Å². The zero-order valence-corrected chi connectivity index (χ0v) is 12.5. The highest BCUT2D eigenvalue weighted by atomic mass is 15.1. The summed E-state index contributed by atoms with van der Waals surface area (Å²) in [6, 6.07) is 0.885. The molecule has 1 aliphatic carbocycles. The molecule has 1 aliphatic heterocycles. The van der Waals surface area contributed by atoms with Crippen molar-refractivity contribution in [1.82, 2.24) is 10.2 Å². The first-order valence-electron chi connectivity index (χ1n) is 8.18. The van der Waals surface area contributed by atoms with E-state index in [-0.39, 0.29) is 0 Å². The molecule has 106 valence electrons. The second-order valence-electron chi connectivity index (χ2n) is 6.64. The van der Waals surface area contributed by atoms with Gasteiger partial charge in [0.1, 0.15) is 0 Å². The first kappa shape index (κ1) is 14.3. The van der Waals surface area contributed by atoms with E-state index < -0.39 is 0 Å². The molecule has 0 radical (unpaired) electrons. The third-order valence-corrected chi connectivity index (χ3v) is 5.27. The Balaban J connectivity index is 1.66. The highest BCUT2D eigenvalue weighted by molar-refractivity contribution is 4.77. The van der Waals surface area contributed by atoms with Crippen molar-refractivity contribution >= 4 is 0 Å². The van der Waals surface area contributed by atoms with Gasteiger partial charge in [0.2, 0.25) is 0 Å². The molecular weight excluding hydrogens is 220 g/mol. The van der Waals surface area contributed by atoms with Crippen molar-refractivity contribution in [3.05, 3.63) is 0 Å². The van der Waals surface area contributed by atoms with Crippen molar-refractivity contribution in [2.75, 3.05) is 26.7 Å². The van der Waals surface area contributed by atoms with Gasteiger partial charge in [0.15, 0.2) is 0 Å². The molecule has 2 unspecified atom stereocenters. The summed E-state index contributed by atoms with van der Waals surface area (Å²) in [7, 11) is 2.35. The normalized spacial score (nSPS) is 28.5. The van der Waals surface area contributed by atoms with E-state index >= 15 is 0 Å². The number of rotatable bonds is 5. The molecule has 0 aromatic rings. The smallest absolute Gasteiger partial charge is 0.00922 e. The molecule has 2 heteroatoms. The molecule has 1 saturated heterocycles. The minimum atomic E-state index is 0.885. The highest BCUT2D eigenvalue weighted by Gasteiger charge is 2.22. The van der Waals surface area contributed by atoms with Crippen LogP contribution in [0.3, 0.4) is 0 Å². The van der Waals surface area contributed by atoms with Crippen molar-refractivity contribution in [3.8, 4) is 0 Å². The SMILES string of the molecule is CC(CCN(C)C1CCCCC1)C1CCCNC1. The average molecular weight is 252 g/mol. The summed E-state index contributed by atoms with van der Waals surface area (Å²) in [5.41, 5.74) is 0. The molecule has 18 heavy (non-hydrogen) atoms. The molecule has 2 fully saturated rings. The molecule has 1 saturated carbocycles. The third kappa shape index (κ3) is 4.24. The molecule has 1 heterocycles. The Morgan fingerprint density at radius 3 is 2.56 bits per heavy atom. The first-order valence-corrected chi connectivity index (χ1v) is 8.18. The van der Waals surface area contributed by atoms with Crippen LogP contribution in [-0.4, -0.2) is 37.6 Å². The van der Waals surface area contributed by atoms with Crippen LogP contribution in [0.25, 0.3) is 0 Å². The summed E-state index contributed by atoms with van der Waals surface area (Å²) >= 11 is 0. The van der Waals surface area contributed by atoms with E-state index in [0.717, 1.165) is 17.9 Å². The number of hydrogen-bond acceptors (Lipinski definition) is 2. The summed E-state index contributed by atoms with van der Waals surface area (Å²) in [5, 5.41) is 3.55. The van der Waals surface area contributed by atoms with Crippen LogP contribution < -0.4 is 5.32 Å². The molecule has 0 amide bonds. The van der Waals surface area contributed by atoms with Crippen LogP contribution in [0.4, 0.5) is 0 Å². The van der Waals surface area contributed by atoms with Crippen LogP contribution in [0, 0.1) is 11.8 Å². The van der Waals surface area contributed by atoms with Gasteiger partial charge in [-0.3, -0.25) is 0 Å². The van der Waals surface area contributed by atoms with Crippen molar-refractivity contribution in [1.29, 1.82) is 0 Å². The van der Waals surface area contributed by atoms with Gasteiger partial charge < -0.3 is 10.2 Å². The summed E-state index contributed by atoms with van der Waals surface area (Å²) in [4.78, 5) is 2.64. The maximum Gasteiger partial charge on any atom is 0.00922 e. The fourth-order valence-corrected chi connectivity index (χ4v) is 3.71. The molecule has 2 rings (SSSR count). The average Bonchev–Trinajstić information content (AvgIpc) is 2.46. The quantitative estimate of drug-likeness (QED) is 0.808. The van der Waals surface area contributed by atoms with Crippen molar-refractivity contribution in [3.63, 3.8) is 0 Å². The van der Waals surface area contributed by atoms with E-state index in [1.54, 1.807) is 0 Å². The lowest BCUT2D eigenvalue weighted by Crippen LogP contribution is -2.37. The maximum atomic E-state index is 3.55. The zero-order valence-electron chi connectivity index (χ0n) is 12.5. The molecule has 2 nitrogen and oxygen atoms in total. The number of piperidine rings is 1. The Hall–Kier alpha value is -0.0800. The Morgan fingerprint density at radius 1 is 1.11 bits per heavy atom. The van der Waals surface area contributed by atoms with E-state index in [1.165, 1.54) is 71.0 Å². The lowest BCUT2D eigenvalue weighted by molar-refractivity contribution is 0.167. The highest BCUT2D eigenvalue weighted by Crippen LogP contribution is 2.25. The topological polar surface area (TPSA) is 15.3 Å². The molecule has 0 aromatic carbocycles. The summed E-state index contributed by atoms with van der Waals surface area (Å²) in [6.45, 7) is 6.27. The van der Waals surface area contributed by atoms with Gasteiger partial charge in [-0.2, -0.15) is 0 Å². The molecular formula is C16H32N2. The molecule has 1 N–H and O–H groups in total. The summed E-state index contributed by atoms with van der Waals surface area (Å²) < 4.78 is 0. The second kappa shape index (κ2) is 7.49. The van der Waals surface area contributed by atoms with E-state index in [4.69, 9.17) is 0 Å². The molecule has 2 atom stereocenters. The van der Waals surface area contributed by atoms with E-state index in [1.807, 2.05) is 0 Å². The summed E-state index contributed by atoms with van der Waals surface area (Å²) in [5.74, 6) is 1.82. The van der Waals surface area contributed by atoms with Crippen LogP contribution in [0.5, 0.6) is 0 Å². The van der Waals surface area contributed by atoms with Gasteiger partial charge in [-0.1, -0.05) is 26.2 Å². The third-order valence-electron chi connectivity index (χ3n) is 5.27. The van der Waals surface area contributed by atoms with Gasteiger partial charge in [0.05, 0.1) is 0 Å². The predicted molar refractivity (Wildman–Crippen MR) is 78.9 cm³/mol. The van der Waals surface area contributed by atoms with Crippen LogP contribution in [-0.2, 0) is 0 Å². The van der Waals surface area contributed by atoms with Crippen molar-refractivity contribution in [2.45, 2.75) is 64.3 Å². The van der Waals surface area contributed by atoms with Gasteiger partial charge in [-0.25, -0.2) is 0 Å². The lowest BCUT2D eigenvalue weighted by atomic mass is 9.85. The monoisotopic (exact) mass is 252 g/mol. The van der Waals surface area contributed by atoms with Crippen molar-refractivity contribution < 1.29 is 0 Å². The standard InChI is InChI=1S/C16H32N2/c1-14(15-7-6-11-17-13-15)10-12-18(2)16-8-4-3-5-9-16/h14-17H,3-13H2,1-2H3. The van der Waals surface area contributed by atoms with Gasteiger partial charge in [-0.05, 0) is 70.6 Å². The summed E-state index contributed by atoms with van der Waals surface area (Å²) in [6.07, 6.45) is 11.5. The lowest BCUT2D eigenvalue weighted by Gasteiger charge is -2.34. The van der Waals surface area contributed by atoms with Gasteiger partial charge in [0, 0.05) is 6.04 Å². The van der Waals surface area contributed by atoms with Gasteiger partial charge >= 0.3 is 0 Å². The minimum Gasteiger partial charge on any atom is -0.316 e. The second-order valence-corrected chi connectivity index (χ2v) is 6.64. The molecule has 0 bridgehead atoms. The Kier molecular flexibility index (Phi) is 5.97. The van der Waals surface area contributed by atoms with E-state index in [2.05, 4.69) is 24.2 Å². The number of nitrogens with zero attached hydrogens (tertiary/aromatic N) is 1. The number of nitrogens with one attached hydrogen (secondary N) is 1. The van der Waals surface area contributed by atoms with Crippen LogP contribution in [0.2, 0.25) is 0 Å². The Labute approximate surface area is 114 Å². The maximum absolute atomic E-state index is 3.55. The van der Waals surface area contributed by atoms with E-state index in [0.29, 0.717) is 0 Å². The molecule has 2 aliphatic rings. The van der Waals surface area contributed by atoms with Crippen LogP contribution in [0.1, 0.15) is 58.3 Å². The number of hydrogen-bond donors (Lipinski definition) is 1. The first-order chi connectivity index (χ1) is 8.77. The van der Waals surface area contributed by atoms with Gasteiger partial charge in [0.25, 0.3) is 0 Å².